The third-order valence-corrected chi connectivity index (χ3v) is 6.29. The second-order valence-corrected chi connectivity index (χ2v) is 10.8. The highest BCUT2D eigenvalue weighted by Gasteiger charge is 2.27. The van der Waals surface area contributed by atoms with Crippen molar-refractivity contribution in [2.45, 2.75) is 58.6 Å². The number of rotatable bonds is 13. The van der Waals surface area contributed by atoms with Crippen molar-refractivity contribution in [2.75, 3.05) is 31.7 Å². The maximum Gasteiger partial charge on any atom is 0.410 e. The number of hydrogen-bond donors (Lipinski definition) is 1. The van der Waals surface area contributed by atoms with E-state index in [-0.39, 0.29) is 6.09 Å². The summed E-state index contributed by atoms with van der Waals surface area (Å²) >= 11 is 0. The summed E-state index contributed by atoms with van der Waals surface area (Å²) in [5.74, 6) is 1.69. The molecule has 3 aromatic rings. The first kappa shape index (κ1) is 29.7. The van der Waals surface area contributed by atoms with Gasteiger partial charge in [0.25, 0.3) is 0 Å². The summed E-state index contributed by atoms with van der Waals surface area (Å²) in [5, 5.41) is 3.26. The molecular formula is C32H40N4O5. The molecule has 1 amide bonds. The van der Waals surface area contributed by atoms with E-state index in [1.54, 1.807) is 23.4 Å². The zero-order chi connectivity index (χ0) is 29.1. The Labute approximate surface area is 242 Å². The summed E-state index contributed by atoms with van der Waals surface area (Å²) in [5.41, 5.74) is 3.48. The molecular weight excluding hydrogens is 520 g/mol. The van der Waals surface area contributed by atoms with E-state index in [1.807, 2.05) is 57.2 Å². The largest absolute Gasteiger partial charge is 0.493 e. The van der Waals surface area contributed by atoms with E-state index in [4.69, 9.17) is 18.9 Å². The van der Waals surface area contributed by atoms with Gasteiger partial charge in [0.15, 0.2) is 0 Å². The number of fused-ring (bicyclic) bond motifs is 1. The summed E-state index contributed by atoms with van der Waals surface area (Å²) in [4.78, 5) is 22.8. The van der Waals surface area contributed by atoms with Crippen LogP contribution in [0.2, 0.25) is 0 Å². The van der Waals surface area contributed by atoms with E-state index in [0.717, 1.165) is 54.1 Å². The first-order valence-corrected chi connectivity index (χ1v) is 14.1. The lowest BCUT2D eigenvalue weighted by atomic mass is 9.99. The van der Waals surface area contributed by atoms with E-state index < -0.39 is 5.60 Å². The Hall–Kier alpha value is -4.27. The molecule has 1 aliphatic heterocycles. The molecule has 1 N–H and O–H groups in total. The molecule has 9 heteroatoms. The van der Waals surface area contributed by atoms with Crippen LogP contribution in [0.15, 0.2) is 67.5 Å². The van der Waals surface area contributed by atoms with Crippen molar-refractivity contribution >= 4 is 17.5 Å². The lowest BCUT2D eigenvalue weighted by molar-refractivity contribution is 0.0223. The number of carbonyl (C=O) groups is 1. The first-order chi connectivity index (χ1) is 19.8. The van der Waals surface area contributed by atoms with Crippen LogP contribution in [-0.2, 0) is 17.7 Å². The minimum Gasteiger partial charge on any atom is -0.493 e. The summed E-state index contributed by atoms with van der Waals surface area (Å²) < 4.78 is 22.8. The average molecular weight is 561 g/mol. The van der Waals surface area contributed by atoms with Gasteiger partial charge in [0.1, 0.15) is 23.7 Å². The van der Waals surface area contributed by atoms with Crippen molar-refractivity contribution in [3.63, 3.8) is 0 Å². The van der Waals surface area contributed by atoms with Crippen LogP contribution in [0.4, 0.5) is 16.2 Å². The number of aromatic nitrogens is 2. The van der Waals surface area contributed by atoms with Crippen LogP contribution in [-0.4, -0.2) is 52.9 Å². The zero-order valence-corrected chi connectivity index (χ0v) is 24.2. The van der Waals surface area contributed by atoms with Gasteiger partial charge in [-0.25, -0.2) is 14.8 Å². The quantitative estimate of drug-likeness (QED) is 0.182. The number of carbonyl (C=O) groups excluding carboxylic acids is 1. The molecule has 0 bridgehead atoms. The van der Waals surface area contributed by atoms with Crippen LogP contribution in [0.3, 0.4) is 0 Å². The average Bonchev–Trinajstić information content (AvgIpc) is 2.96. The Kier molecular flexibility index (Phi) is 10.4. The van der Waals surface area contributed by atoms with Gasteiger partial charge in [0.2, 0.25) is 0 Å². The molecule has 1 aliphatic rings. The van der Waals surface area contributed by atoms with Crippen LogP contribution < -0.4 is 19.5 Å². The van der Waals surface area contributed by atoms with Crippen LogP contribution in [0.25, 0.3) is 0 Å². The molecule has 0 radical (unpaired) electrons. The van der Waals surface area contributed by atoms with Crippen LogP contribution in [0.1, 0.15) is 51.2 Å². The number of nitrogens with one attached hydrogen (secondary N) is 1. The Morgan fingerprint density at radius 1 is 0.976 bits per heavy atom. The minimum absolute atomic E-state index is 0.272. The molecule has 0 spiro atoms. The van der Waals surface area contributed by atoms with E-state index in [1.165, 1.54) is 5.56 Å². The maximum absolute atomic E-state index is 12.5. The van der Waals surface area contributed by atoms with Gasteiger partial charge in [-0.2, -0.15) is 0 Å². The van der Waals surface area contributed by atoms with Crippen molar-refractivity contribution in [3.8, 4) is 17.5 Å². The molecule has 0 unspecified atom stereocenters. The number of ether oxygens (including phenoxy) is 4. The van der Waals surface area contributed by atoms with E-state index >= 15 is 0 Å². The maximum atomic E-state index is 12.5. The van der Waals surface area contributed by atoms with Crippen molar-refractivity contribution in [1.29, 1.82) is 0 Å². The van der Waals surface area contributed by atoms with Crippen LogP contribution in [0, 0.1) is 0 Å². The number of unbranched alkanes of at least 4 members (excludes halogenated alkanes) is 2. The van der Waals surface area contributed by atoms with Gasteiger partial charge in [0.05, 0.1) is 31.3 Å². The summed E-state index contributed by atoms with van der Waals surface area (Å²) in [6.45, 7) is 12.1. The van der Waals surface area contributed by atoms with Gasteiger partial charge in [-0.3, -0.25) is 0 Å². The fourth-order valence-corrected chi connectivity index (χ4v) is 4.33. The predicted molar refractivity (Wildman–Crippen MR) is 159 cm³/mol. The molecule has 0 fully saturated rings. The highest BCUT2D eigenvalue weighted by molar-refractivity contribution is 5.69. The molecule has 9 nitrogen and oxygen atoms in total. The molecule has 0 saturated heterocycles. The number of benzene rings is 2. The van der Waals surface area contributed by atoms with Gasteiger partial charge >= 0.3 is 12.1 Å². The molecule has 41 heavy (non-hydrogen) atoms. The Morgan fingerprint density at radius 2 is 1.71 bits per heavy atom. The fraction of sp³-hybridized carbons (Fsp3) is 0.406. The standard InChI is InChI=1S/C32H40N4O5/c1-5-18-38-27-14-12-25(13-15-27)35-26-21-33-30(34-22-26)40-20-8-6-7-19-39-29-11-9-10-24-23-36(17-16-28(24)29)31(37)41-32(2,3)4/h5,9-15,21-22,35H,1,6-8,16-20,23H2,2-4H3. The molecule has 4 rings (SSSR count). The third-order valence-electron chi connectivity index (χ3n) is 6.29. The number of nitrogens with zero attached hydrogens (tertiary/aromatic N) is 3. The Bertz CT molecular complexity index is 1270. The second kappa shape index (κ2) is 14.4. The zero-order valence-electron chi connectivity index (χ0n) is 24.2. The fourth-order valence-electron chi connectivity index (χ4n) is 4.33. The number of amides is 1. The SMILES string of the molecule is C=CCOc1ccc(Nc2cnc(OCCCCCOc3cccc4c3CCN(C(=O)OC(C)(C)C)C4)nc2)cc1. The van der Waals surface area contributed by atoms with Gasteiger partial charge in [-0.05, 0) is 82.3 Å². The van der Waals surface area contributed by atoms with Crippen molar-refractivity contribution in [3.05, 3.63) is 78.6 Å². The Morgan fingerprint density at radius 3 is 2.41 bits per heavy atom. The van der Waals surface area contributed by atoms with Crippen molar-refractivity contribution < 1.29 is 23.7 Å². The highest BCUT2D eigenvalue weighted by atomic mass is 16.6. The first-order valence-electron chi connectivity index (χ1n) is 14.1. The van der Waals surface area contributed by atoms with E-state index in [9.17, 15) is 4.79 Å². The van der Waals surface area contributed by atoms with E-state index in [0.29, 0.717) is 38.9 Å². The monoisotopic (exact) mass is 560 g/mol. The molecule has 1 aromatic heterocycles. The summed E-state index contributed by atoms with van der Waals surface area (Å²) in [7, 11) is 0. The summed E-state index contributed by atoms with van der Waals surface area (Å²) in [6.07, 6.45) is 8.36. The number of anilines is 2. The third kappa shape index (κ3) is 9.41. The van der Waals surface area contributed by atoms with Crippen molar-refractivity contribution in [1.82, 2.24) is 14.9 Å². The molecule has 2 heterocycles. The highest BCUT2D eigenvalue weighted by Crippen LogP contribution is 2.29. The molecule has 218 valence electrons. The van der Waals surface area contributed by atoms with E-state index in [2.05, 4.69) is 27.9 Å². The summed E-state index contributed by atoms with van der Waals surface area (Å²) in [6, 6.07) is 14.1. The second-order valence-electron chi connectivity index (χ2n) is 10.8. The van der Waals surface area contributed by atoms with Gasteiger partial charge in [-0.1, -0.05) is 24.8 Å². The normalized spacial score (nSPS) is 12.7. The molecule has 0 aliphatic carbocycles. The predicted octanol–water partition coefficient (Wildman–Crippen LogP) is 6.71. The lowest BCUT2D eigenvalue weighted by Gasteiger charge is -2.31. The van der Waals surface area contributed by atoms with Crippen molar-refractivity contribution in [2.24, 2.45) is 0 Å². The smallest absolute Gasteiger partial charge is 0.410 e. The molecule has 0 atom stereocenters. The van der Waals surface area contributed by atoms with Crippen LogP contribution >= 0.6 is 0 Å². The lowest BCUT2D eigenvalue weighted by Crippen LogP contribution is -2.40. The minimum atomic E-state index is -0.502. The van der Waals surface area contributed by atoms with Gasteiger partial charge in [0, 0.05) is 24.3 Å². The number of hydrogen-bond acceptors (Lipinski definition) is 8. The topological polar surface area (TPSA) is 95.0 Å². The van der Waals surface area contributed by atoms with Gasteiger partial charge < -0.3 is 29.2 Å². The molecule has 0 saturated carbocycles. The Balaban J connectivity index is 1.12. The van der Waals surface area contributed by atoms with Gasteiger partial charge in [-0.15, -0.1) is 0 Å². The van der Waals surface area contributed by atoms with Crippen LogP contribution in [0.5, 0.6) is 17.5 Å². The molecule has 2 aromatic carbocycles.